The van der Waals surface area contributed by atoms with Crippen molar-refractivity contribution < 1.29 is 19.0 Å². The van der Waals surface area contributed by atoms with Gasteiger partial charge in [-0.2, -0.15) is 0 Å². The molecule has 0 unspecified atom stereocenters. The zero-order valence-electron chi connectivity index (χ0n) is 12.9. The highest BCUT2D eigenvalue weighted by Crippen LogP contribution is 2.34. The lowest BCUT2D eigenvalue weighted by molar-refractivity contribution is 0.0600. The summed E-state index contributed by atoms with van der Waals surface area (Å²) in [6, 6.07) is 13.5. The fourth-order valence-electron chi connectivity index (χ4n) is 2.25. The molecule has 0 spiro atoms. The van der Waals surface area contributed by atoms with Crippen LogP contribution in [0.4, 0.5) is 0 Å². The second kappa shape index (κ2) is 7.42. The summed E-state index contributed by atoms with van der Waals surface area (Å²) in [7, 11) is 1.39. The molecule has 1 aliphatic rings. The van der Waals surface area contributed by atoms with Gasteiger partial charge in [0.2, 0.25) is 0 Å². The van der Waals surface area contributed by atoms with Crippen LogP contribution in [0.15, 0.2) is 47.4 Å². The molecule has 120 valence electrons. The molecule has 2 aromatic rings. The van der Waals surface area contributed by atoms with Crippen LogP contribution in [-0.4, -0.2) is 26.3 Å². The number of esters is 1. The number of benzene rings is 2. The van der Waals surface area contributed by atoms with E-state index in [2.05, 4.69) is 0 Å². The van der Waals surface area contributed by atoms with E-state index >= 15 is 0 Å². The van der Waals surface area contributed by atoms with Crippen molar-refractivity contribution in [3.8, 4) is 11.5 Å². The molecule has 2 aromatic carbocycles. The SMILES string of the molecule is COC(=O)c1ccc(CSc2ccc3c(c2)OCCCO3)cc1. The summed E-state index contributed by atoms with van der Waals surface area (Å²) >= 11 is 1.72. The Bertz CT molecular complexity index is 682. The number of fused-ring (bicyclic) bond motifs is 1. The van der Waals surface area contributed by atoms with Gasteiger partial charge in [-0.15, -0.1) is 11.8 Å². The lowest BCUT2D eigenvalue weighted by atomic mass is 10.1. The molecule has 5 heteroatoms. The average Bonchev–Trinajstić information content (AvgIpc) is 2.84. The van der Waals surface area contributed by atoms with Crippen molar-refractivity contribution in [3.05, 3.63) is 53.6 Å². The third-order valence-corrected chi connectivity index (χ3v) is 4.56. The van der Waals surface area contributed by atoms with E-state index in [-0.39, 0.29) is 5.97 Å². The van der Waals surface area contributed by atoms with E-state index in [1.165, 1.54) is 7.11 Å². The fraction of sp³-hybridized carbons (Fsp3) is 0.278. The summed E-state index contributed by atoms with van der Waals surface area (Å²) in [4.78, 5) is 12.5. The maximum Gasteiger partial charge on any atom is 0.337 e. The molecule has 3 rings (SSSR count). The number of carbonyl (C=O) groups excluding carboxylic acids is 1. The van der Waals surface area contributed by atoms with Crippen molar-refractivity contribution in [2.24, 2.45) is 0 Å². The standard InChI is InChI=1S/C18H18O4S/c1-20-18(19)14-5-3-13(4-6-14)12-23-15-7-8-16-17(11-15)22-10-2-9-21-16/h3-8,11H,2,9-10,12H2,1H3. The van der Waals surface area contributed by atoms with Crippen molar-refractivity contribution in [2.45, 2.75) is 17.1 Å². The second-order valence-corrected chi connectivity index (χ2v) is 6.18. The van der Waals surface area contributed by atoms with Crippen molar-refractivity contribution in [1.29, 1.82) is 0 Å². The minimum atomic E-state index is -0.313. The quantitative estimate of drug-likeness (QED) is 0.628. The molecule has 0 fully saturated rings. The van der Waals surface area contributed by atoms with Gasteiger partial charge in [0.15, 0.2) is 11.5 Å². The molecule has 23 heavy (non-hydrogen) atoms. The van der Waals surface area contributed by atoms with E-state index in [0.717, 1.165) is 34.1 Å². The predicted octanol–water partition coefficient (Wildman–Crippen LogP) is 3.93. The van der Waals surface area contributed by atoms with Crippen LogP contribution in [0.1, 0.15) is 22.3 Å². The smallest absolute Gasteiger partial charge is 0.337 e. The van der Waals surface area contributed by atoms with Gasteiger partial charge in [-0.1, -0.05) is 12.1 Å². The summed E-state index contributed by atoms with van der Waals surface area (Å²) < 4.78 is 16.0. The number of thioether (sulfide) groups is 1. The molecule has 0 aliphatic carbocycles. The number of methoxy groups -OCH3 is 1. The lowest BCUT2D eigenvalue weighted by Crippen LogP contribution is -2.00. The third kappa shape index (κ3) is 3.99. The molecule has 0 amide bonds. The molecule has 0 radical (unpaired) electrons. The van der Waals surface area contributed by atoms with E-state index in [1.807, 2.05) is 30.3 Å². The van der Waals surface area contributed by atoms with Gasteiger partial charge in [-0.3, -0.25) is 0 Å². The first-order valence-electron chi connectivity index (χ1n) is 7.46. The third-order valence-electron chi connectivity index (χ3n) is 3.50. The van der Waals surface area contributed by atoms with Crippen LogP contribution in [0.5, 0.6) is 11.5 Å². The van der Waals surface area contributed by atoms with Crippen molar-refractivity contribution in [1.82, 2.24) is 0 Å². The van der Waals surface area contributed by atoms with Crippen molar-refractivity contribution >= 4 is 17.7 Å². The number of carbonyl (C=O) groups is 1. The number of ether oxygens (including phenoxy) is 3. The lowest BCUT2D eigenvalue weighted by Gasteiger charge is -2.09. The topological polar surface area (TPSA) is 44.8 Å². The molecular formula is C18H18O4S. The monoisotopic (exact) mass is 330 g/mol. The van der Waals surface area contributed by atoms with E-state index in [1.54, 1.807) is 23.9 Å². The Kier molecular flexibility index (Phi) is 5.08. The van der Waals surface area contributed by atoms with Crippen LogP contribution in [0.25, 0.3) is 0 Å². The fourth-order valence-corrected chi connectivity index (χ4v) is 3.14. The molecule has 4 nitrogen and oxygen atoms in total. The van der Waals surface area contributed by atoms with Gasteiger partial charge in [-0.05, 0) is 35.9 Å². The predicted molar refractivity (Wildman–Crippen MR) is 89.4 cm³/mol. The first-order chi connectivity index (χ1) is 11.3. The minimum Gasteiger partial charge on any atom is -0.490 e. The Labute approximate surface area is 139 Å². The van der Waals surface area contributed by atoms with Crippen LogP contribution in [0, 0.1) is 0 Å². The molecule has 0 saturated heterocycles. The van der Waals surface area contributed by atoms with Crippen LogP contribution in [-0.2, 0) is 10.5 Å². The number of rotatable bonds is 4. The Morgan fingerprint density at radius 2 is 1.83 bits per heavy atom. The van der Waals surface area contributed by atoms with E-state index in [4.69, 9.17) is 14.2 Å². The highest BCUT2D eigenvalue weighted by atomic mass is 32.2. The number of hydrogen-bond acceptors (Lipinski definition) is 5. The molecule has 0 N–H and O–H groups in total. The Morgan fingerprint density at radius 3 is 2.57 bits per heavy atom. The zero-order chi connectivity index (χ0) is 16.1. The summed E-state index contributed by atoms with van der Waals surface area (Å²) in [5, 5.41) is 0. The van der Waals surface area contributed by atoms with E-state index in [9.17, 15) is 4.79 Å². The van der Waals surface area contributed by atoms with Gasteiger partial charge in [0.1, 0.15) is 0 Å². The maximum absolute atomic E-state index is 11.4. The molecular weight excluding hydrogens is 312 g/mol. The largest absolute Gasteiger partial charge is 0.490 e. The molecule has 0 aromatic heterocycles. The zero-order valence-corrected chi connectivity index (χ0v) is 13.7. The van der Waals surface area contributed by atoms with Gasteiger partial charge >= 0.3 is 5.97 Å². The first-order valence-corrected chi connectivity index (χ1v) is 8.44. The second-order valence-electron chi connectivity index (χ2n) is 5.14. The summed E-state index contributed by atoms with van der Waals surface area (Å²) in [6.07, 6.45) is 0.906. The molecule has 1 heterocycles. The minimum absolute atomic E-state index is 0.313. The van der Waals surface area contributed by atoms with Gasteiger partial charge in [-0.25, -0.2) is 4.79 Å². The van der Waals surface area contributed by atoms with Crippen LogP contribution < -0.4 is 9.47 Å². The number of hydrogen-bond donors (Lipinski definition) is 0. The molecule has 1 aliphatic heterocycles. The van der Waals surface area contributed by atoms with Gasteiger partial charge in [0.05, 0.1) is 25.9 Å². The highest BCUT2D eigenvalue weighted by molar-refractivity contribution is 7.98. The highest BCUT2D eigenvalue weighted by Gasteiger charge is 2.11. The Morgan fingerprint density at radius 1 is 1.09 bits per heavy atom. The molecule has 0 atom stereocenters. The molecule has 0 saturated carbocycles. The van der Waals surface area contributed by atoms with Crippen LogP contribution in [0.3, 0.4) is 0 Å². The normalized spacial score (nSPS) is 13.3. The van der Waals surface area contributed by atoms with Crippen molar-refractivity contribution in [3.63, 3.8) is 0 Å². The Hall–Kier alpha value is -2.14. The summed E-state index contributed by atoms with van der Waals surface area (Å²) in [6.45, 7) is 1.39. The average molecular weight is 330 g/mol. The van der Waals surface area contributed by atoms with E-state index in [0.29, 0.717) is 18.8 Å². The van der Waals surface area contributed by atoms with Gasteiger partial charge in [0, 0.05) is 17.1 Å². The van der Waals surface area contributed by atoms with Gasteiger partial charge < -0.3 is 14.2 Å². The molecule has 0 bridgehead atoms. The maximum atomic E-state index is 11.4. The summed E-state index contributed by atoms with van der Waals surface area (Å²) in [5.74, 6) is 2.14. The van der Waals surface area contributed by atoms with Crippen LogP contribution in [0.2, 0.25) is 0 Å². The Balaban J connectivity index is 1.64. The van der Waals surface area contributed by atoms with Gasteiger partial charge in [0.25, 0.3) is 0 Å². The van der Waals surface area contributed by atoms with E-state index < -0.39 is 0 Å². The first kappa shape index (κ1) is 15.7. The van der Waals surface area contributed by atoms with Crippen LogP contribution >= 0.6 is 11.8 Å². The summed E-state index contributed by atoms with van der Waals surface area (Å²) in [5.41, 5.74) is 1.71. The van der Waals surface area contributed by atoms with Crippen molar-refractivity contribution in [2.75, 3.05) is 20.3 Å².